The Morgan fingerprint density at radius 1 is 1.26 bits per heavy atom. The molecule has 0 amide bonds. The van der Waals surface area contributed by atoms with Crippen LogP contribution in [-0.2, 0) is 20.1 Å². The van der Waals surface area contributed by atoms with E-state index in [9.17, 15) is 0 Å². The molecule has 3 rings (SSSR count). The van der Waals surface area contributed by atoms with Gasteiger partial charge in [0.1, 0.15) is 0 Å². The van der Waals surface area contributed by atoms with Crippen molar-refractivity contribution in [3.05, 3.63) is 47.8 Å². The number of anilines is 1. The van der Waals surface area contributed by atoms with Gasteiger partial charge in [-0.25, -0.2) is 0 Å². The lowest BCUT2D eigenvalue weighted by molar-refractivity contribution is 0.763. The Morgan fingerprint density at radius 2 is 2.00 bits per heavy atom. The fourth-order valence-corrected chi connectivity index (χ4v) is 2.39. The van der Waals surface area contributed by atoms with Gasteiger partial charge in [0, 0.05) is 43.6 Å². The van der Waals surface area contributed by atoms with E-state index >= 15 is 0 Å². The van der Waals surface area contributed by atoms with E-state index in [1.54, 1.807) is 0 Å². The fourth-order valence-electron chi connectivity index (χ4n) is 2.39. The normalized spacial score (nSPS) is 14.6. The number of hydrogen-bond donors (Lipinski definition) is 1. The zero-order valence-electron chi connectivity index (χ0n) is 11.3. The van der Waals surface area contributed by atoms with Gasteiger partial charge in [0.25, 0.3) is 0 Å². The van der Waals surface area contributed by atoms with Crippen LogP contribution in [0.5, 0.6) is 0 Å². The van der Waals surface area contributed by atoms with Crippen molar-refractivity contribution in [3.8, 4) is 0 Å². The second-order valence-electron chi connectivity index (χ2n) is 5.25. The number of nitrogens with two attached hydrogens (primary N) is 1. The first kappa shape index (κ1) is 12.2. The summed E-state index contributed by atoms with van der Waals surface area (Å²) >= 11 is 0. The maximum atomic E-state index is 5.65. The molecule has 1 aromatic heterocycles. The minimum Gasteiger partial charge on any atom is -0.364 e. The number of aromatic nitrogens is 2. The Balaban J connectivity index is 1.79. The van der Waals surface area contributed by atoms with Gasteiger partial charge >= 0.3 is 0 Å². The van der Waals surface area contributed by atoms with E-state index in [2.05, 4.69) is 40.5 Å². The fraction of sp³-hybridized carbons (Fsp3) is 0.400. The molecule has 1 aliphatic carbocycles. The van der Waals surface area contributed by atoms with Gasteiger partial charge in [0.15, 0.2) is 0 Å². The molecule has 0 bridgehead atoms. The molecule has 4 nitrogen and oxygen atoms in total. The average Bonchev–Trinajstić information content (AvgIpc) is 3.20. The minimum absolute atomic E-state index is 0.603. The largest absolute Gasteiger partial charge is 0.364 e. The van der Waals surface area contributed by atoms with Crippen LogP contribution in [0.15, 0.2) is 36.7 Å². The van der Waals surface area contributed by atoms with Crippen LogP contribution in [-0.4, -0.2) is 15.8 Å². The molecule has 0 saturated heterocycles. The highest BCUT2D eigenvalue weighted by Crippen LogP contribution is 2.33. The Hall–Kier alpha value is -1.81. The summed E-state index contributed by atoms with van der Waals surface area (Å²) in [5.74, 6) is 0. The predicted molar refractivity (Wildman–Crippen MR) is 76.7 cm³/mol. The van der Waals surface area contributed by atoms with E-state index in [1.807, 2.05) is 17.9 Å². The summed E-state index contributed by atoms with van der Waals surface area (Å²) in [6.45, 7) is 1.53. The van der Waals surface area contributed by atoms with E-state index in [-0.39, 0.29) is 0 Å². The summed E-state index contributed by atoms with van der Waals surface area (Å²) in [7, 11) is 1.96. The van der Waals surface area contributed by atoms with Gasteiger partial charge in [-0.05, 0) is 30.5 Å². The Bertz CT molecular complexity index is 540. The molecule has 1 fully saturated rings. The molecule has 1 saturated carbocycles. The number of aryl methyl sites for hydroxylation is 1. The molecule has 100 valence electrons. The van der Waals surface area contributed by atoms with Gasteiger partial charge in [0.2, 0.25) is 0 Å². The summed E-state index contributed by atoms with van der Waals surface area (Å²) in [5, 5.41) is 4.24. The summed E-state index contributed by atoms with van der Waals surface area (Å²) < 4.78 is 1.86. The van der Waals surface area contributed by atoms with Crippen molar-refractivity contribution in [2.24, 2.45) is 12.8 Å². The van der Waals surface area contributed by atoms with E-state index in [0.717, 1.165) is 6.54 Å². The molecule has 1 aliphatic rings. The summed E-state index contributed by atoms with van der Waals surface area (Å²) in [6.07, 6.45) is 6.62. The third-order valence-electron chi connectivity index (χ3n) is 3.60. The second kappa shape index (κ2) is 5.05. The monoisotopic (exact) mass is 256 g/mol. The van der Waals surface area contributed by atoms with Gasteiger partial charge in [0.05, 0.1) is 6.20 Å². The van der Waals surface area contributed by atoms with Crippen LogP contribution in [0.25, 0.3) is 0 Å². The van der Waals surface area contributed by atoms with Crippen LogP contribution < -0.4 is 10.6 Å². The van der Waals surface area contributed by atoms with Crippen molar-refractivity contribution < 1.29 is 0 Å². The van der Waals surface area contributed by atoms with Crippen molar-refractivity contribution in [1.82, 2.24) is 9.78 Å². The maximum absolute atomic E-state index is 5.65. The quantitative estimate of drug-likeness (QED) is 0.890. The standard InChI is InChI=1S/C15H20N4/c1-18-10-13(9-17-18)11-19(15-6-7-15)14-4-2-12(8-16)3-5-14/h2-5,9-10,15H,6-8,11,16H2,1H3. The van der Waals surface area contributed by atoms with Crippen LogP contribution in [0.1, 0.15) is 24.0 Å². The summed E-state index contributed by atoms with van der Waals surface area (Å²) in [6, 6.07) is 9.28. The molecule has 1 aromatic carbocycles. The second-order valence-corrected chi connectivity index (χ2v) is 5.25. The highest BCUT2D eigenvalue weighted by Gasteiger charge is 2.29. The lowest BCUT2D eigenvalue weighted by Gasteiger charge is -2.24. The maximum Gasteiger partial charge on any atom is 0.0539 e. The van der Waals surface area contributed by atoms with Crippen LogP contribution in [0.3, 0.4) is 0 Å². The van der Waals surface area contributed by atoms with Gasteiger partial charge in [-0.1, -0.05) is 12.1 Å². The van der Waals surface area contributed by atoms with Crippen molar-refractivity contribution >= 4 is 5.69 Å². The molecule has 19 heavy (non-hydrogen) atoms. The Labute approximate surface area is 113 Å². The molecule has 0 spiro atoms. The Morgan fingerprint density at radius 3 is 2.53 bits per heavy atom. The third-order valence-corrected chi connectivity index (χ3v) is 3.60. The van der Waals surface area contributed by atoms with Crippen LogP contribution in [0.4, 0.5) is 5.69 Å². The molecule has 2 N–H and O–H groups in total. The molecular formula is C15H20N4. The molecule has 0 atom stereocenters. The zero-order chi connectivity index (χ0) is 13.2. The smallest absolute Gasteiger partial charge is 0.0539 e. The number of rotatable bonds is 5. The first-order chi connectivity index (χ1) is 9.26. The molecule has 1 heterocycles. The molecular weight excluding hydrogens is 236 g/mol. The number of hydrogen-bond acceptors (Lipinski definition) is 3. The van der Waals surface area contributed by atoms with Crippen molar-refractivity contribution in [2.75, 3.05) is 4.90 Å². The average molecular weight is 256 g/mol. The van der Waals surface area contributed by atoms with Gasteiger partial charge in [-0.15, -0.1) is 0 Å². The summed E-state index contributed by atoms with van der Waals surface area (Å²) in [5.41, 5.74) is 9.37. The minimum atomic E-state index is 0.603. The van der Waals surface area contributed by atoms with Crippen LogP contribution >= 0.6 is 0 Å². The third kappa shape index (κ3) is 2.79. The van der Waals surface area contributed by atoms with Crippen LogP contribution in [0, 0.1) is 0 Å². The number of benzene rings is 1. The molecule has 0 unspecified atom stereocenters. The lowest BCUT2D eigenvalue weighted by Crippen LogP contribution is -2.24. The highest BCUT2D eigenvalue weighted by molar-refractivity contribution is 5.50. The van der Waals surface area contributed by atoms with Gasteiger partial charge in [-0.3, -0.25) is 4.68 Å². The van der Waals surface area contributed by atoms with E-state index < -0.39 is 0 Å². The van der Waals surface area contributed by atoms with E-state index in [1.165, 1.54) is 29.7 Å². The van der Waals surface area contributed by atoms with Crippen molar-refractivity contribution in [2.45, 2.75) is 32.0 Å². The first-order valence-corrected chi connectivity index (χ1v) is 6.79. The molecule has 0 radical (unpaired) electrons. The first-order valence-electron chi connectivity index (χ1n) is 6.79. The Kier molecular flexibility index (Phi) is 3.25. The van der Waals surface area contributed by atoms with Crippen molar-refractivity contribution in [1.29, 1.82) is 0 Å². The highest BCUT2D eigenvalue weighted by atomic mass is 15.2. The van der Waals surface area contributed by atoms with Crippen molar-refractivity contribution in [3.63, 3.8) is 0 Å². The zero-order valence-corrected chi connectivity index (χ0v) is 11.3. The van der Waals surface area contributed by atoms with Gasteiger partial charge in [-0.2, -0.15) is 5.10 Å². The summed E-state index contributed by atoms with van der Waals surface area (Å²) in [4.78, 5) is 2.47. The van der Waals surface area contributed by atoms with E-state index in [0.29, 0.717) is 12.6 Å². The lowest BCUT2D eigenvalue weighted by atomic mass is 10.2. The predicted octanol–water partition coefficient (Wildman–Crippen LogP) is 2.05. The van der Waals surface area contributed by atoms with Gasteiger partial charge < -0.3 is 10.6 Å². The van der Waals surface area contributed by atoms with Crippen LogP contribution in [0.2, 0.25) is 0 Å². The van der Waals surface area contributed by atoms with E-state index in [4.69, 9.17) is 5.73 Å². The SMILES string of the molecule is Cn1cc(CN(c2ccc(CN)cc2)C2CC2)cn1. The molecule has 0 aliphatic heterocycles. The number of nitrogens with zero attached hydrogens (tertiary/aromatic N) is 3. The topological polar surface area (TPSA) is 47.1 Å². The molecule has 4 heteroatoms. The molecule has 2 aromatic rings.